The average molecular weight is 557 g/mol. The molecule has 0 aliphatic rings. The van der Waals surface area contributed by atoms with E-state index in [4.69, 9.17) is 22.6 Å². The third-order valence-electron chi connectivity index (χ3n) is 4.79. The lowest BCUT2D eigenvalue weighted by Gasteiger charge is -2.03. The fourth-order valence-electron chi connectivity index (χ4n) is 2.99. The van der Waals surface area contributed by atoms with Gasteiger partial charge in [0.25, 0.3) is 5.91 Å². The number of benzene rings is 2. The molecule has 10 nitrogen and oxygen atoms in total. The minimum absolute atomic E-state index is 0.0651. The molecule has 0 bridgehead atoms. The summed E-state index contributed by atoms with van der Waals surface area (Å²) >= 11 is 4.02. The molecule has 13 heteroatoms. The molecular formula is C24H28N8O2S3. The van der Waals surface area contributed by atoms with Crippen molar-refractivity contribution in [3.8, 4) is 0 Å². The predicted molar refractivity (Wildman–Crippen MR) is 155 cm³/mol. The molecule has 37 heavy (non-hydrogen) atoms. The van der Waals surface area contributed by atoms with Gasteiger partial charge in [0.1, 0.15) is 5.01 Å². The van der Waals surface area contributed by atoms with Gasteiger partial charge in [-0.1, -0.05) is 35.6 Å². The Morgan fingerprint density at radius 2 is 1.57 bits per heavy atom. The maximum Gasteiger partial charge on any atom is 0.252 e. The van der Waals surface area contributed by atoms with E-state index in [0.29, 0.717) is 34.4 Å². The summed E-state index contributed by atoms with van der Waals surface area (Å²) in [6.45, 7) is 0. The molecule has 1 aromatic heterocycles. The van der Waals surface area contributed by atoms with Gasteiger partial charge in [-0.05, 0) is 58.7 Å². The number of carbonyl (C=O) groups is 2. The Morgan fingerprint density at radius 3 is 2.22 bits per heavy atom. The Bertz CT molecular complexity index is 1240. The summed E-state index contributed by atoms with van der Waals surface area (Å²) in [4.78, 5) is 28.1. The number of hydrogen-bond acceptors (Lipinski definition) is 10. The summed E-state index contributed by atoms with van der Waals surface area (Å²) in [6, 6.07) is 14.2. The SMILES string of the molecule is N=C(CCSCCc1nnc(NC(=O)Cc2ccc(N)cc2)s1)SC(N)=NC(=O)Cc1ccc(N)cc1. The number of nitrogens with two attached hydrogens (primary N) is 3. The normalized spacial score (nSPS) is 11.3. The fraction of sp³-hybridized carbons (Fsp3) is 0.250. The van der Waals surface area contributed by atoms with Crippen molar-refractivity contribution in [3.05, 3.63) is 64.7 Å². The van der Waals surface area contributed by atoms with Crippen LogP contribution in [0.3, 0.4) is 0 Å². The number of thioether (sulfide) groups is 2. The van der Waals surface area contributed by atoms with Crippen LogP contribution in [0.25, 0.3) is 0 Å². The summed E-state index contributed by atoms with van der Waals surface area (Å²) in [5, 5.41) is 20.7. The summed E-state index contributed by atoms with van der Waals surface area (Å²) in [7, 11) is 0. The van der Waals surface area contributed by atoms with Gasteiger partial charge in [0.15, 0.2) is 5.17 Å². The highest BCUT2D eigenvalue weighted by atomic mass is 32.2. The van der Waals surface area contributed by atoms with Crippen molar-refractivity contribution in [1.82, 2.24) is 10.2 Å². The first-order chi connectivity index (χ1) is 17.8. The van der Waals surface area contributed by atoms with Gasteiger partial charge in [0.2, 0.25) is 11.0 Å². The maximum absolute atomic E-state index is 12.2. The van der Waals surface area contributed by atoms with E-state index in [1.807, 2.05) is 12.1 Å². The van der Waals surface area contributed by atoms with E-state index in [-0.39, 0.29) is 29.8 Å². The number of amidine groups is 1. The number of anilines is 3. The molecular weight excluding hydrogens is 529 g/mol. The summed E-state index contributed by atoms with van der Waals surface area (Å²) < 4.78 is 0. The molecule has 0 unspecified atom stereocenters. The Labute approximate surface area is 227 Å². The topological polar surface area (TPSA) is 186 Å². The molecule has 0 spiro atoms. The van der Waals surface area contributed by atoms with Crippen LogP contribution in [-0.2, 0) is 28.9 Å². The molecule has 2 aromatic carbocycles. The molecule has 1 heterocycles. The number of carbonyl (C=O) groups excluding carboxylic acids is 2. The van der Waals surface area contributed by atoms with Crippen molar-refractivity contribution in [2.24, 2.45) is 10.7 Å². The first kappa shape index (κ1) is 28.2. The molecule has 3 aromatic rings. The van der Waals surface area contributed by atoms with E-state index in [1.165, 1.54) is 11.3 Å². The molecule has 0 radical (unpaired) electrons. The number of aromatic nitrogens is 2. The van der Waals surface area contributed by atoms with Crippen LogP contribution in [0.5, 0.6) is 0 Å². The van der Waals surface area contributed by atoms with Crippen LogP contribution in [0.15, 0.2) is 53.5 Å². The number of hydrogen-bond donors (Lipinski definition) is 5. The largest absolute Gasteiger partial charge is 0.399 e. The molecule has 0 saturated heterocycles. The van der Waals surface area contributed by atoms with Crippen LogP contribution in [0, 0.1) is 5.41 Å². The number of rotatable bonds is 11. The van der Waals surface area contributed by atoms with E-state index in [0.717, 1.165) is 39.4 Å². The first-order valence-electron chi connectivity index (χ1n) is 11.3. The van der Waals surface area contributed by atoms with Gasteiger partial charge in [0, 0.05) is 24.2 Å². The summed E-state index contributed by atoms with van der Waals surface area (Å²) in [5.74, 6) is 1.00. The third-order valence-corrected chi connectivity index (χ3v) is 7.42. The first-order valence-corrected chi connectivity index (χ1v) is 14.1. The minimum atomic E-state index is -0.366. The summed E-state index contributed by atoms with van der Waals surface area (Å²) in [5.41, 5.74) is 20.1. The predicted octanol–water partition coefficient (Wildman–Crippen LogP) is 3.34. The lowest BCUT2D eigenvalue weighted by molar-refractivity contribution is -0.117. The summed E-state index contributed by atoms with van der Waals surface area (Å²) in [6.07, 6.45) is 1.59. The Balaban J connectivity index is 1.29. The van der Waals surface area contributed by atoms with E-state index >= 15 is 0 Å². The molecule has 0 aliphatic carbocycles. The monoisotopic (exact) mass is 556 g/mol. The average Bonchev–Trinajstić information content (AvgIpc) is 3.28. The highest BCUT2D eigenvalue weighted by molar-refractivity contribution is 8.26. The van der Waals surface area contributed by atoms with E-state index < -0.39 is 0 Å². The van der Waals surface area contributed by atoms with Gasteiger partial charge in [-0.3, -0.25) is 15.0 Å². The second kappa shape index (κ2) is 14.4. The zero-order chi connectivity index (χ0) is 26.6. The van der Waals surface area contributed by atoms with Crippen LogP contribution < -0.4 is 22.5 Å². The van der Waals surface area contributed by atoms with E-state index in [9.17, 15) is 9.59 Å². The molecule has 3 rings (SSSR count). The number of nitrogens with one attached hydrogen (secondary N) is 2. The van der Waals surface area contributed by atoms with Crippen molar-refractivity contribution in [2.45, 2.75) is 25.7 Å². The zero-order valence-electron chi connectivity index (χ0n) is 20.0. The second-order valence-electron chi connectivity index (χ2n) is 7.87. The van der Waals surface area contributed by atoms with Crippen LogP contribution in [0.2, 0.25) is 0 Å². The zero-order valence-corrected chi connectivity index (χ0v) is 22.4. The van der Waals surface area contributed by atoms with Crippen molar-refractivity contribution in [3.63, 3.8) is 0 Å². The van der Waals surface area contributed by atoms with Gasteiger partial charge in [0.05, 0.1) is 17.9 Å². The molecule has 0 aliphatic heterocycles. The van der Waals surface area contributed by atoms with Crippen LogP contribution in [-0.4, -0.2) is 43.7 Å². The van der Waals surface area contributed by atoms with Gasteiger partial charge in [-0.25, -0.2) is 0 Å². The Hall–Kier alpha value is -3.42. The van der Waals surface area contributed by atoms with Gasteiger partial charge in [-0.2, -0.15) is 16.8 Å². The van der Waals surface area contributed by atoms with Crippen LogP contribution in [0.1, 0.15) is 22.6 Å². The highest BCUT2D eigenvalue weighted by Crippen LogP contribution is 2.19. The van der Waals surface area contributed by atoms with Crippen molar-refractivity contribution in [2.75, 3.05) is 28.3 Å². The second-order valence-corrected chi connectivity index (χ2v) is 11.3. The van der Waals surface area contributed by atoms with Gasteiger partial charge >= 0.3 is 0 Å². The molecule has 0 fully saturated rings. The van der Waals surface area contributed by atoms with Crippen molar-refractivity contribution < 1.29 is 9.59 Å². The number of amides is 2. The number of nitrogens with zero attached hydrogens (tertiary/aromatic N) is 3. The lowest BCUT2D eigenvalue weighted by Crippen LogP contribution is -2.14. The number of aliphatic imine (C=N–C) groups is 1. The smallest absolute Gasteiger partial charge is 0.252 e. The Morgan fingerprint density at radius 1 is 0.946 bits per heavy atom. The Kier molecular flexibility index (Phi) is 10.9. The van der Waals surface area contributed by atoms with Crippen molar-refractivity contribution in [1.29, 1.82) is 5.41 Å². The van der Waals surface area contributed by atoms with Crippen LogP contribution in [0.4, 0.5) is 16.5 Å². The maximum atomic E-state index is 12.2. The van der Waals surface area contributed by atoms with Gasteiger partial charge < -0.3 is 22.5 Å². The standard InChI is InChI=1S/C24H28N8O2S3/c25-17-5-1-15(2-6-17)13-20(33)29-23(28)36-19(27)9-11-35-12-10-22-31-32-24(37-22)30-21(34)14-16-3-7-18(26)8-4-16/h1-8,27H,9-14,25-26H2,(H2,28,29,33)(H,30,32,34). The minimum Gasteiger partial charge on any atom is -0.399 e. The molecule has 194 valence electrons. The van der Waals surface area contributed by atoms with Gasteiger partial charge in [-0.15, -0.1) is 10.2 Å². The molecule has 0 saturated carbocycles. The van der Waals surface area contributed by atoms with Crippen molar-refractivity contribution >= 4 is 73.4 Å². The van der Waals surface area contributed by atoms with E-state index in [2.05, 4.69) is 20.5 Å². The highest BCUT2D eigenvalue weighted by Gasteiger charge is 2.10. The molecule has 8 N–H and O–H groups in total. The molecule has 0 atom stereocenters. The number of aryl methyl sites for hydroxylation is 1. The molecule has 2 amide bonds. The van der Waals surface area contributed by atoms with E-state index in [1.54, 1.807) is 48.2 Å². The number of nitrogen functional groups attached to an aromatic ring is 2. The fourth-order valence-corrected chi connectivity index (χ4v) is 5.50. The third kappa shape index (κ3) is 10.6. The quantitative estimate of drug-likeness (QED) is 0.102. The lowest BCUT2D eigenvalue weighted by atomic mass is 10.1. The van der Waals surface area contributed by atoms with Crippen LogP contribution >= 0.6 is 34.9 Å².